The van der Waals surface area contributed by atoms with Gasteiger partial charge < -0.3 is 15.1 Å². The Morgan fingerprint density at radius 2 is 1.81 bits per heavy atom. The molecule has 0 bridgehead atoms. The lowest BCUT2D eigenvalue weighted by Crippen LogP contribution is -2.32. The number of nitrogens with zero attached hydrogens (tertiary/aromatic N) is 6. The normalized spacial score (nSPS) is 20.1. The third kappa shape index (κ3) is 4.32. The Kier molecular flexibility index (Phi) is 6.02. The largest absolute Gasteiger partial charge is 0.349 e. The topological polar surface area (TPSA) is 62.1 Å². The molecule has 2 aliphatic heterocycles. The smallest absolute Gasteiger partial charge is 0.153 e. The average Bonchev–Trinajstić information content (AvgIpc) is 3.42. The van der Waals surface area contributed by atoms with Crippen LogP contribution < -0.4 is 10.2 Å². The summed E-state index contributed by atoms with van der Waals surface area (Å²) in [6.45, 7) is 5.31. The number of hydrogen-bond acceptors (Lipinski definition) is 6. The number of anilines is 3. The van der Waals surface area contributed by atoms with Gasteiger partial charge in [0.1, 0.15) is 18.0 Å². The van der Waals surface area contributed by atoms with Gasteiger partial charge in [0.2, 0.25) is 0 Å². The highest BCUT2D eigenvalue weighted by atomic mass is 35.5. The summed E-state index contributed by atoms with van der Waals surface area (Å²) >= 11 is 6.50. The first-order valence-corrected chi connectivity index (χ1v) is 11.8. The number of piperidine rings is 1. The maximum atomic E-state index is 6.50. The fourth-order valence-electron chi connectivity index (χ4n) is 4.97. The molecule has 7 nitrogen and oxygen atoms in total. The number of halogens is 1. The number of aromatic nitrogens is 4. The van der Waals surface area contributed by atoms with Crippen LogP contribution in [-0.4, -0.2) is 51.3 Å². The van der Waals surface area contributed by atoms with E-state index in [9.17, 15) is 0 Å². The second-order valence-electron chi connectivity index (χ2n) is 8.91. The van der Waals surface area contributed by atoms with E-state index in [1.165, 1.54) is 5.69 Å². The van der Waals surface area contributed by atoms with Crippen LogP contribution in [-0.2, 0) is 0 Å². The molecule has 2 saturated heterocycles. The van der Waals surface area contributed by atoms with Gasteiger partial charge in [-0.3, -0.25) is 4.68 Å². The van der Waals surface area contributed by atoms with E-state index < -0.39 is 0 Å². The fourth-order valence-corrected chi connectivity index (χ4v) is 5.23. The van der Waals surface area contributed by atoms with E-state index in [1.54, 1.807) is 6.33 Å². The van der Waals surface area contributed by atoms with Gasteiger partial charge in [0.25, 0.3) is 0 Å². The molecule has 4 heterocycles. The molecular weight excluding hydrogens is 422 g/mol. The molecule has 0 aliphatic carbocycles. The maximum absolute atomic E-state index is 6.50. The molecule has 0 spiro atoms. The van der Waals surface area contributed by atoms with E-state index in [1.807, 2.05) is 24.3 Å². The Bertz CT molecular complexity index is 1070. The van der Waals surface area contributed by atoms with E-state index >= 15 is 0 Å². The van der Waals surface area contributed by atoms with Crippen LogP contribution in [0.25, 0.3) is 0 Å². The van der Waals surface area contributed by atoms with Crippen molar-refractivity contribution in [3.63, 3.8) is 0 Å². The van der Waals surface area contributed by atoms with Gasteiger partial charge in [-0.25, -0.2) is 9.97 Å². The van der Waals surface area contributed by atoms with Gasteiger partial charge in [-0.05, 0) is 64.4 Å². The van der Waals surface area contributed by atoms with Crippen LogP contribution in [0.4, 0.5) is 17.5 Å². The van der Waals surface area contributed by atoms with Gasteiger partial charge >= 0.3 is 0 Å². The van der Waals surface area contributed by atoms with Gasteiger partial charge in [-0.15, -0.1) is 0 Å². The molecule has 0 amide bonds. The number of aryl methyl sites for hydroxylation is 1. The monoisotopic (exact) mass is 451 g/mol. The van der Waals surface area contributed by atoms with Crippen molar-refractivity contribution in [3.8, 4) is 0 Å². The van der Waals surface area contributed by atoms with Crippen molar-refractivity contribution < 1.29 is 0 Å². The van der Waals surface area contributed by atoms with Crippen molar-refractivity contribution in [3.05, 3.63) is 59.0 Å². The molecule has 5 rings (SSSR count). The molecule has 32 heavy (non-hydrogen) atoms. The Hall–Kier alpha value is -2.64. The molecule has 8 heteroatoms. The van der Waals surface area contributed by atoms with Crippen LogP contribution in [0.1, 0.15) is 49.0 Å². The summed E-state index contributed by atoms with van der Waals surface area (Å²) in [6.07, 6.45) is 6.07. The predicted octanol–water partition coefficient (Wildman–Crippen LogP) is 4.99. The summed E-state index contributed by atoms with van der Waals surface area (Å²) in [6, 6.07) is 12.9. The van der Waals surface area contributed by atoms with Crippen LogP contribution >= 0.6 is 11.6 Å². The highest BCUT2D eigenvalue weighted by Crippen LogP contribution is 2.38. The lowest BCUT2D eigenvalue weighted by Gasteiger charge is -2.29. The fraction of sp³-hybridized carbons (Fsp3) is 0.458. The number of nitrogens with one attached hydrogen (secondary N) is 1. The summed E-state index contributed by atoms with van der Waals surface area (Å²) in [4.78, 5) is 13.7. The number of benzene rings is 1. The third-order valence-corrected chi connectivity index (χ3v) is 7.02. The van der Waals surface area contributed by atoms with E-state index in [0.29, 0.717) is 6.04 Å². The van der Waals surface area contributed by atoms with Crippen LogP contribution in [0.5, 0.6) is 0 Å². The molecule has 1 aromatic carbocycles. The number of hydrogen-bond donors (Lipinski definition) is 1. The van der Waals surface area contributed by atoms with E-state index in [2.05, 4.69) is 55.9 Å². The molecule has 0 saturated carbocycles. The van der Waals surface area contributed by atoms with Crippen molar-refractivity contribution in [2.24, 2.45) is 0 Å². The number of rotatable bonds is 5. The Morgan fingerprint density at radius 1 is 1.00 bits per heavy atom. The van der Waals surface area contributed by atoms with E-state index in [4.69, 9.17) is 16.7 Å². The quantitative estimate of drug-likeness (QED) is 0.589. The summed E-state index contributed by atoms with van der Waals surface area (Å²) < 4.78 is 2.17. The van der Waals surface area contributed by atoms with Gasteiger partial charge in [0.15, 0.2) is 5.82 Å². The average molecular weight is 452 g/mol. The first-order chi connectivity index (χ1) is 15.6. The van der Waals surface area contributed by atoms with Crippen LogP contribution in [0.15, 0.2) is 42.7 Å². The third-order valence-electron chi connectivity index (χ3n) is 6.68. The molecule has 3 aromatic rings. The highest BCUT2D eigenvalue weighted by molar-refractivity contribution is 6.31. The standard InChI is InChI=1S/C24H30ClN7/c1-17-14-23(29-32(17)18-9-12-30(2)13-10-18)28-22-15-24(27-16-26-22)31-11-5-8-21(31)19-6-3-4-7-20(19)25/h3-4,6-7,14-16,18,21H,5,8-13H2,1-2H3,(H,26,27,28,29). The summed E-state index contributed by atoms with van der Waals surface area (Å²) in [5.74, 6) is 2.50. The van der Waals surface area contributed by atoms with E-state index in [0.717, 1.165) is 73.4 Å². The highest BCUT2D eigenvalue weighted by Gasteiger charge is 2.29. The van der Waals surface area contributed by atoms with Crippen molar-refractivity contribution >= 4 is 29.1 Å². The van der Waals surface area contributed by atoms with Crippen LogP contribution in [0.3, 0.4) is 0 Å². The van der Waals surface area contributed by atoms with E-state index in [-0.39, 0.29) is 6.04 Å². The minimum absolute atomic E-state index is 0.234. The Morgan fingerprint density at radius 3 is 2.62 bits per heavy atom. The van der Waals surface area contributed by atoms with Gasteiger partial charge in [-0.1, -0.05) is 29.8 Å². The second kappa shape index (κ2) is 9.08. The van der Waals surface area contributed by atoms with Crippen molar-refractivity contribution in [1.29, 1.82) is 0 Å². The summed E-state index contributed by atoms with van der Waals surface area (Å²) in [5, 5.41) is 9.06. The van der Waals surface area contributed by atoms with Crippen LogP contribution in [0, 0.1) is 6.92 Å². The zero-order valence-electron chi connectivity index (χ0n) is 18.7. The maximum Gasteiger partial charge on any atom is 0.153 e. The lowest BCUT2D eigenvalue weighted by atomic mass is 10.0. The molecule has 1 unspecified atom stereocenters. The zero-order chi connectivity index (χ0) is 22.1. The first kappa shape index (κ1) is 21.2. The number of likely N-dealkylation sites (tertiary alicyclic amines) is 1. The minimum atomic E-state index is 0.234. The molecular formula is C24H30ClN7. The molecule has 2 aromatic heterocycles. The molecule has 0 radical (unpaired) electrons. The van der Waals surface area contributed by atoms with Gasteiger partial charge in [0, 0.05) is 29.4 Å². The van der Waals surface area contributed by atoms with Gasteiger partial charge in [0.05, 0.1) is 12.1 Å². The lowest BCUT2D eigenvalue weighted by molar-refractivity contribution is 0.211. The van der Waals surface area contributed by atoms with Crippen molar-refractivity contribution in [2.75, 3.05) is 36.9 Å². The van der Waals surface area contributed by atoms with Gasteiger partial charge in [-0.2, -0.15) is 5.10 Å². The molecule has 1 atom stereocenters. The molecule has 2 fully saturated rings. The molecule has 1 N–H and O–H groups in total. The van der Waals surface area contributed by atoms with Crippen LogP contribution in [0.2, 0.25) is 5.02 Å². The zero-order valence-corrected chi connectivity index (χ0v) is 19.5. The Labute approximate surface area is 194 Å². The Balaban J connectivity index is 1.34. The molecule has 168 valence electrons. The van der Waals surface area contributed by atoms with Crippen molar-refractivity contribution in [1.82, 2.24) is 24.6 Å². The summed E-state index contributed by atoms with van der Waals surface area (Å²) in [5.41, 5.74) is 2.34. The summed E-state index contributed by atoms with van der Waals surface area (Å²) in [7, 11) is 2.18. The predicted molar refractivity (Wildman–Crippen MR) is 129 cm³/mol. The SMILES string of the molecule is Cc1cc(Nc2cc(N3CCCC3c3ccccc3Cl)ncn2)nn1C1CCN(C)CC1. The second-order valence-corrected chi connectivity index (χ2v) is 9.32. The van der Waals surface area contributed by atoms with Crippen molar-refractivity contribution in [2.45, 2.75) is 44.7 Å². The molecule has 2 aliphatic rings. The minimum Gasteiger partial charge on any atom is -0.349 e. The first-order valence-electron chi connectivity index (χ1n) is 11.4.